The van der Waals surface area contributed by atoms with Crippen LogP contribution in [0, 0.1) is 0 Å². The van der Waals surface area contributed by atoms with E-state index < -0.39 is 5.97 Å². The molecule has 0 saturated carbocycles. The summed E-state index contributed by atoms with van der Waals surface area (Å²) < 4.78 is 0.942. The molecular formula is C10H12BrNO3S. The van der Waals surface area contributed by atoms with E-state index in [0.29, 0.717) is 6.42 Å². The summed E-state index contributed by atoms with van der Waals surface area (Å²) in [5.74, 6) is -0.926. The van der Waals surface area contributed by atoms with Crippen molar-refractivity contribution in [2.75, 3.05) is 11.9 Å². The third-order valence-corrected chi connectivity index (χ3v) is 3.81. The second kappa shape index (κ2) is 6.00. The Morgan fingerprint density at radius 2 is 2.19 bits per heavy atom. The minimum Gasteiger partial charge on any atom is -0.481 e. The summed E-state index contributed by atoms with van der Waals surface area (Å²) in [6.07, 6.45) is 0.678. The number of nitrogens with zero attached hydrogens (tertiary/aromatic N) is 1. The van der Waals surface area contributed by atoms with E-state index in [4.69, 9.17) is 5.11 Å². The van der Waals surface area contributed by atoms with Crippen molar-refractivity contribution in [1.82, 2.24) is 0 Å². The Balaban J connectivity index is 2.45. The van der Waals surface area contributed by atoms with Crippen molar-refractivity contribution in [2.45, 2.75) is 19.3 Å². The average molecular weight is 306 g/mol. The maximum absolute atomic E-state index is 11.7. The lowest BCUT2D eigenvalue weighted by Crippen LogP contribution is -2.25. The molecule has 88 valence electrons. The molecule has 1 aromatic rings. The first kappa shape index (κ1) is 13.2. The highest BCUT2D eigenvalue weighted by Crippen LogP contribution is 2.27. The summed E-state index contributed by atoms with van der Waals surface area (Å²) >= 11 is 4.78. The molecular weight excluding hydrogens is 294 g/mol. The Labute approximate surface area is 106 Å². The zero-order valence-electron chi connectivity index (χ0n) is 8.77. The molecule has 0 unspecified atom stereocenters. The van der Waals surface area contributed by atoms with Crippen molar-refractivity contribution < 1.29 is 14.7 Å². The molecule has 0 aliphatic heterocycles. The number of carbonyl (C=O) groups excluding carboxylic acids is 1. The number of carboxylic acid groups (broad SMARTS) is 1. The maximum Gasteiger partial charge on any atom is 0.303 e. The zero-order chi connectivity index (χ0) is 12.1. The van der Waals surface area contributed by atoms with E-state index in [1.54, 1.807) is 11.9 Å². The minimum atomic E-state index is -0.866. The van der Waals surface area contributed by atoms with Crippen LogP contribution in [-0.4, -0.2) is 24.0 Å². The molecule has 1 aromatic heterocycles. The van der Waals surface area contributed by atoms with Gasteiger partial charge in [-0.2, -0.15) is 0 Å². The molecule has 1 amide bonds. The van der Waals surface area contributed by atoms with Gasteiger partial charge in [0, 0.05) is 29.7 Å². The number of rotatable bonds is 5. The summed E-state index contributed by atoms with van der Waals surface area (Å²) in [7, 11) is 1.70. The number of carboxylic acids is 1. The van der Waals surface area contributed by atoms with Crippen LogP contribution in [0.15, 0.2) is 15.9 Å². The Bertz CT molecular complexity index is 391. The summed E-state index contributed by atoms with van der Waals surface area (Å²) in [5.41, 5.74) is 0. The van der Waals surface area contributed by atoms with Gasteiger partial charge in [0.25, 0.3) is 0 Å². The largest absolute Gasteiger partial charge is 0.481 e. The molecule has 6 heteroatoms. The highest BCUT2D eigenvalue weighted by atomic mass is 79.9. The van der Waals surface area contributed by atoms with Gasteiger partial charge in [0.2, 0.25) is 5.91 Å². The van der Waals surface area contributed by atoms with Crippen LogP contribution in [0.1, 0.15) is 19.3 Å². The highest BCUT2D eigenvalue weighted by Gasteiger charge is 2.12. The Hall–Kier alpha value is -0.880. The quantitative estimate of drug-likeness (QED) is 0.910. The van der Waals surface area contributed by atoms with Crippen LogP contribution >= 0.6 is 27.3 Å². The van der Waals surface area contributed by atoms with Crippen LogP contribution < -0.4 is 4.90 Å². The first-order chi connectivity index (χ1) is 7.50. The molecule has 0 aliphatic carbocycles. The summed E-state index contributed by atoms with van der Waals surface area (Å²) in [5, 5.41) is 11.2. The molecule has 0 radical (unpaired) electrons. The molecule has 0 aliphatic rings. The Morgan fingerprint density at radius 3 is 2.69 bits per heavy atom. The minimum absolute atomic E-state index is 0.0354. The van der Waals surface area contributed by atoms with Gasteiger partial charge in [0.05, 0.1) is 5.00 Å². The second-order valence-electron chi connectivity index (χ2n) is 3.30. The topological polar surface area (TPSA) is 57.6 Å². The van der Waals surface area contributed by atoms with Gasteiger partial charge in [-0.15, -0.1) is 11.3 Å². The van der Waals surface area contributed by atoms with Gasteiger partial charge >= 0.3 is 5.97 Å². The van der Waals surface area contributed by atoms with Crippen LogP contribution in [0.4, 0.5) is 5.00 Å². The third-order valence-electron chi connectivity index (χ3n) is 2.04. The summed E-state index contributed by atoms with van der Waals surface area (Å²) in [4.78, 5) is 23.5. The predicted molar refractivity (Wildman–Crippen MR) is 66.9 cm³/mol. The van der Waals surface area contributed by atoms with E-state index in [0.717, 1.165) is 9.47 Å². The van der Waals surface area contributed by atoms with Crippen LogP contribution in [-0.2, 0) is 9.59 Å². The van der Waals surface area contributed by atoms with Gasteiger partial charge in [-0.1, -0.05) is 0 Å². The molecule has 0 bridgehead atoms. The smallest absolute Gasteiger partial charge is 0.303 e. The van der Waals surface area contributed by atoms with E-state index >= 15 is 0 Å². The molecule has 0 atom stereocenters. The van der Waals surface area contributed by atoms with Crippen molar-refractivity contribution in [3.8, 4) is 0 Å². The highest BCUT2D eigenvalue weighted by molar-refractivity contribution is 9.10. The Morgan fingerprint density at radius 1 is 1.50 bits per heavy atom. The molecule has 4 nitrogen and oxygen atoms in total. The van der Waals surface area contributed by atoms with E-state index in [1.807, 2.05) is 11.4 Å². The summed E-state index contributed by atoms with van der Waals surface area (Å²) in [6, 6.07) is 1.86. The predicted octanol–water partition coefficient (Wildman–Crippen LogP) is 2.73. The van der Waals surface area contributed by atoms with Crippen LogP contribution in [0.2, 0.25) is 0 Å². The lowest BCUT2D eigenvalue weighted by Gasteiger charge is -2.14. The van der Waals surface area contributed by atoms with E-state index in [1.165, 1.54) is 11.3 Å². The number of thiophene rings is 1. The molecule has 0 aromatic carbocycles. The molecule has 1 N–H and O–H groups in total. The lowest BCUT2D eigenvalue weighted by atomic mass is 10.2. The van der Waals surface area contributed by atoms with Crippen molar-refractivity contribution in [1.29, 1.82) is 0 Å². The number of aliphatic carboxylic acids is 1. The van der Waals surface area contributed by atoms with Crippen LogP contribution in [0.25, 0.3) is 0 Å². The van der Waals surface area contributed by atoms with Gasteiger partial charge < -0.3 is 10.0 Å². The number of hydrogen-bond acceptors (Lipinski definition) is 3. The average Bonchev–Trinajstić information content (AvgIpc) is 2.63. The van der Waals surface area contributed by atoms with Gasteiger partial charge in [0.1, 0.15) is 0 Å². The summed E-state index contributed by atoms with van der Waals surface area (Å²) in [6.45, 7) is 0. The molecule has 0 saturated heterocycles. The fourth-order valence-corrected chi connectivity index (χ4v) is 2.57. The first-order valence-electron chi connectivity index (χ1n) is 4.73. The van der Waals surface area contributed by atoms with Gasteiger partial charge in [0.15, 0.2) is 0 Å². The molecule has 16 heavy (non-hydrogen) atoms. The first-order valence-corrected chi connectivity index (χ1v) is 6.40. The van der Waals surface area contributed by atoms with E-state index in [9.17, 15) is 9.59 Å². The number of halogens is 1. The molecule has 1 rings (SSSR count). The van der Waals surface area contributed by atoms with Gasteiger partial charge in [-0.05, 0) is 28.4 Å². The number of hydrogen-bond donors (Lipinski definition) is 1. The van der Waals surface area contributed by atoms with E-state index in [2.05, 4.69) is 15.9 Å². The fraction of sp³-hybridized carbons (Fsp3) is 0.400. The van der Waals surface area contributed by atoms with Gasteiger partial charge in [-0.3, -0.25) is 9.59 Å². The van der Waals surface area contributed by atoms with Crippen molar-refractivity contribution in [3.63, 3.8) is 0 Å². The number of amides is 1. The standard InChI is InChI=1S/C10H12BrNO3S/c1-12(9-5-7(11)6-16-9)8(13)3-2-4-10(14)15/h5-6H,2-4H2,1H3,(H,14,15). The SMILES string of the molecule is CN(C(=O)CCCC(=O)O)c1cc(Br)cs1. The zero-order valence-corrected chi connectivity index (χ0v) is 11.2. The maximum atomic E-state index is 11.7. The monoisotopic (exact) mass is 305 g/mol. The Kier molecular flexibility index (Phi) is 4.95. The number of carbonyl (C=O) groups is 2. The number of anilines is 1. The normalized spacial score (nSPS) is 10.1. The van der Waals surface area contributed by atoms with Crippen LogP contribution in [0.5, 0.6) is 0 Å². The van der Waals surface area contributed by atoms with Crippen molar-refractivity contribution in [2.24, 2.45) is 0 Å². The molecule has 1 heterocycles. The van der Waals surface area contributed by atoms with Crippen molar-refractivity contribution in [3.05, 3.63) is 15.9 Å². The fourth-order valence-electron chi connectivity index (χ4n) is 1.16. The molecule has 0 spiro atoms. The lowest BCUT2D eigenvalue weighted by molar-refractivity contribution is -0.137. The third kappa shape index (κ3) is 3.94. The second-order valence-corrected chi connectivity index (χ2v) is 5.11. The van der Waals surface area contributed by atoms with Crippen molar-refractivity contribution >= 4 is 44.1 Å². The van der Waals surface area contributed by atoms with E-state index in [-0.39, 0.29) is 18.7 Å². The van der Waals surface area contributed by atoms with Gasteiger partial charge in [-0.25, -0.2) is 0 Å². The molecule has 0 fully saturated rings. The van der Waals surface area contributed by atoms with Crippen LogP contribution in [0.3, 0.4) is 0 Å².